The molecule has 0 aliphatic carbocycles. The van der Waals surface area contributed by atoms with Crippen LogP contribution in [-0.2, 0) is 16.1 Å². The number of benzene rings is 1. The standard InChI is InChI=1S/C18H25N3O6/c1-11-7-21(16-6-14(23)15(8-22)27-16)18(24)20-17(11)25-9-12-2-4-13(5-3-12)26-10-19/h2-5,7,14-16,18,22-24H,6,8-10,19H2,1H3. The molecule has 2 heterocycles. The van der Waals surface area contributed by atoms with Gasteiger partial charge in [-0.25, -0.2) is 0 Å². The molecule has 5 N–H and O–H groups in total. The zero-order chi connectivity index (χ0) is 19.4. The molecule has 0 aromatic heterocycles. The van der Waals surface area contributed by atoms with E-state index in [1.165, 1.54) is 4.90 Å². The summed E-state index contributed by atoms with van der Waals surface area (Å²) in [7, 11) is 0. The minimum Gasteiger partial charge on any atom is -0.479 e. The average Bonchev–Trinajstić information content (AvgIpc) is 3.04. The number of rotatable bonds is 6. The largest absolute Gasteiger partial charge is 0.479 e. The molecule has 27 heavy (non-hydrogen) atoms. The van der Waals surface area contributed by atoms with Crippen molar-refractivity contribution >= 4 is 5.90 Å². The lowest BCUT2D eigenvalue weighted by atomic mass is 10.2. The Balaban J connectivity index is 1.59. The van der Waals surface area contributed by atoms with Crippen molar-refractivity contribution in [3.05, 3.63) is 41.6 Å². The Bertz CT molecular complexity index is 693. The predicted octanol–water partition coefficient (Wildman–Crippen LogP) is -0.140. The van der Waals surface area contributed by atoms with Crippen LogP contribution in [0.3, 0.4) is 0 Å². The Kier molecular flexibility index (Phi) is 6.30. The van der Waals surface area contributed by atoms with Crippen LogP contribution in [0, 0.1) is 0 Å². The molecule has 1 aromatic rings. The van der Waals surface area contributed by atoms with E-state index in [0.717, 1.165) is 5.56 Å². The third kappa shape index (κ3) is 4.57. The van der Waals surface area contributed by atoms with E-state index in [1.807, 2.05) is 19.1 Å². The summed E-state index contributed by atoms with van der Waals surface area (Å²) in [5.41, 5.74) is 6.96. The monoisotopic (exact) mass is 379 g/mol. The van der Waals surface area contributed by atoms with Crippen molar-refractivity contribution < 1.29 is 29.5 Å². The van der Waals surface area contributed by atoms with Gasteiger partial charge >= 0.3 is 0 Å². The number of aliphatic hydroxyl groups excluding tert-OH is 3. The molecule has 1 aromatic carbocycles. The second-order valence-electron chi connectivity index (χ2n) is 6.40. The highest BCUT2D eigenvalue weighted by molar-refractivity contribution is 5.93. The first-order chi connectivity index (χ1) is 13.0. The number of nitrogens with zero attached hydrogens (tertiary/aromatic N) is 2. The third-order valence-electron chi connectivity index (χ3n) is 4.44. The summed E-state index contributed by atoms with van der Waals surface area (Å²) in [6, 6.07) is 7.32. The van der Waals surface area contributed by atoms with Crippen molar-refractivity contribution in [2.24, 2.45) is 10.7 Å². The predicted molar refractivity (Wildman–Crippen MR) is 96.3 cm³/mol. The molecule has 0 amide bonds. The zero-order valence-electron chi connectivity index (χ0n) is 15.1. The molecule has 2 aliphatic heterocycles. The van der Waals surface area contributed by atoms with Crippen LogP contribution in [0.1, 0.15) is 18.9 Å². The number of aliphatic imine (C=N–C) groups is 1. The van der Waals surface area contributed by atoms with E-state index in [1.54, 1.807) is 18.3 Å². The first-order valence-corrected chi connectivity index (χ1v) is 8.73. The molecule has 148 valence electrons. The van der Waals surface area contributed by atoms with Gasteiger partial charge in [-0.1, -0.05) is 12.1 Å². The van der Waals surface area contributed by atoms with Crippen molar-refractivity contribution in [3.63, 3.8) is 0 Å². The van der Waals surface area contributed by atoms with Gasteiger partial charge in [-0.2, -0.15) is 4.99 Å². The minimum atomic E-state index is -1.20. The number of nitrogens with two attached hydrogens (primary N) is 1. The van der Waals surface area contributed by atoms with Crippen molar-refractivity contribution in [3.8, 4) is 5.75 Å². The first-order valence-electron chi connectivity index (χ1n) is 8.73. The van der Waals surface area contributed by atoms with E-state index >= 15 is 0 Å². The molecule has 9 nitrogen and oxygen atoms in total. The molecule has 3 rings (SSSR count). The summed E-state index contributed by atoms with van der Waals surface area (Å²) in [6.45, 7) is 1.93. The maximum absolute atomic E-state index is 10.3. The maximum Gasteiger partial charge on any atom is 0.230 e. The third-order valence-corrected chi connectivity index (χ3v) is 4.44. The maximum atomic E-state index is 10.3. The molecule has 1 fully saturated rings. The molecular formula is C18H25N3O6. The van der Waals surface area contributed by atoms with Gasteiger partial charge in [0.05, 0.1) is 12.7 Å². The van der Waals surface area contributed by atoms with Gasteiger partial charge in [-0.3, -0.25) is 5.73 Å². The van der Waals surface area contributed by atoms with Crippen molar-refractivity contribution in [1.29, 1.82) is 0 Å². The van der Waals surface area contributed by atoms with Gasteiger partial charge in [-0.15, -0.1) is 0 Å². The van der Waals surface area contributed by atoms with Gasteiger partial charge in [0.1, 0.15) is 31.4 Å². The van der Waals surface area contributed by atoms with E-state index < -0.39 is 24.8 Å². The van der Waals surface area contributed by atoms with Crippen LogP contribution in [0.4, 0.5) is 0 Å². The van der Waals surface area contributed by atoms with Gasteiger partial charge in [0.15, 0.2) is 0 Å². The number of ether oxygens (including phenoxy) is 3. The van der Waals surface area contributed by atoms with Gasteiger partial charge in [0.2, 0.25) is 12.2 Å². The summed E-state index contributed by atoms with van der Waals surface area (Å²) in [5.74, 6) is 1.01. The normalized spacial score (nSPS) is 28.0. The number of hydrogen-bond acceptors (Lipinski definition) is 9. The van der Waals surface area contributed by atoms with Gasteiger partial charge in [0.25, 0.3) is 0 Å². The van der Waals surface area contributed by atoms with E-state index in [0.29, 0.717) is 17.2 Å². The Hall–Kier alpha value is -2.17. The molecule has 4 atom stereocenters. The fraction of sp³-hybridized carbons (Fsp3) is 0.500. The van der Waals surface area contributed by atoms with Crippen molar-refractivity contribution in [2.45, 2.75) is 44.7 Å². The molecule has 9 heteroatoms. The Labute approximate surface area is 157 Å². The highest BCUT2D eigenvalue weighted by Crippen LogP contribution is 2.27. The van der Waals surface area contributed by atoms with E-state index in [2.05, 4.69) is 4.99 Å². The summed E-state index contributed by atoms with van der Waals surface area (Å²) in [4.78, 5) is 5.67. The lowest BCUT2D eigenvalue weighted by Crippen LogP contribution is -2.42. The molecule has 1 saturated heterocycles. The smallest absolute Gasteiger partial charge is 0.230 e. The van der Waals surface area contributed by atoms with Crippen LogP contribution in [-0.4, -0.2) is 64.2 Å². The van der Waals surface area contributed by atoms with Crippen molar-refractivity contribution in [1.82, 2.24) is 4.90 Å². The number of hydrogen-bond donors (Lipinski definition) is 4. The summed E-state index contributed by atoms with van der Waals surface area (Å²) in [5, 5.41) is 29.4. The van der Waals surface area contributed by atoms with Crippen LogP contribution in [0.5, 0.6) is 5.75 Å². The van der Waals surface area contributed by atoms with E-state index in [4.69, 9.17) is 19.9 Å². The molecule has 0 bridgehead atoms. The SMILES string of the molecule is CC1=CN(C2CC(O)C(CO)O2)C(O)N=C1OCc1ccc(OCN)cc1. The zero-order valence-corrected chi connectivity index (χ0v) is 15.1. The van der Waals surface area contributed by atoms with Crippen LogP contribution in [0.2, 0.25) is 0 Å². The van der Waals surface area contributed by atoms with Gasteiger partial charge < -0.3 is 34.4 Å². The fourth-order valence-electron chi connectivity index (χ4n) is 2.99. The Morgan fingerprint density at radius 1 is 1.26 bits per heavy atom. The van der Waals surface area contributed by atoms with Crippen LogP contribution < -0.4 is 10.5 Å². The topological polar surface area (TPSA) is 130 Å². The second-order valence-corrected chi connectivity index (χ2v) is 6.40. The molecule has 0 radical (unpaired) electrons. The number of aliphatic hydroxyl groups is 3. The highest BCUT2D eigenvalue weighted by atomic mass is 16.5. The molecule has 0 spiro atoms. The minimum absolute atomic E-state index is 0.117. The Morgan fingerprint density at radius 3 is 2.63 bits per heavy atom. The fourth-order valence-corrected chi connectivity index (χ4v) is 2.99. The molecule has 4 unspecified atom stereocenters. The first kappa shape index (κ1) is 19.6. The van der Waals surface area contributed by atoms with E-state index in [-0.39, 0.29) is 26.4 Å². The second kappa shape index (κ2) is 8.68. The van der Waals surface area contributed by atoms with Crippen LogP contribution in [0.15, 0.2) is 41.0 Å². The molecule has 2 aliphatic rings. The van der Waals surface area contributed by atoms with Crippen LogP contribution in [0.25, 0.3) is 0 Å². The van der Waals surface area contributed by atoms with Gasteiger partial charge in [0, 0.05) is 18.2 Å². The van der Waals surface area contributed by atoms with Gasteiger partial charge in [-0.05, 0) is 24.6 Å². The van der Waals surface area contributed by atoms with Crippen molar-refractivity contribution in [2.75, 3.05) is 13.3 Å². The summed E-state index contributed by atoms with van der Waals surface area (Å²) < 4.78 is 16.5. The summed E-state index contributed by atoms with van der Waals surface area (Å²) in [6.07, 6.45) is -1.25. The lowest BCUT2D eigenvalue weighted by molar-refractivity contribution is -0.111. The highest BCUT2D eigenvalue weighted by Gasteiger charge is 2.39. The summed E-state index contributed by atoms with van der Waals surface area (Å²) >= 11 is 0. The molecular weight excluding hydrogens is 354 g/mol. The molecule has 0 saturated carbocycles. The van der Waals surface area contributed by atoms with E-state index in [9.17, 15) is 15.3 Å². The Morgan fingerprint density at radius 2 is 2.00 bits per heavy atom. The quantitative estimate of drug-likeness (QED) is 0.503. The van der Waals surface area contributed by atoms with Crippen LogP contribution >= 0.6 is 0 Å². The lowest BCUT2D eigenvalue weighted by Gasteiger charge is -2.33. The average molecular weight is 379 g/mol.